The Balaban J connectivity index is 1.66. The summed E-state index contributed by atoms with van der Waals surface area (Å²) in [4.78, 5) is 13.0. The summed E-state index contributed by atoms with van der Waals surface area (Å²) < 4.78 is 0. The number of aromatic nitrogens is 5. The van der Waals surface area contributed by atoms with Crippen LogP contribution in [0, 0.1) is 0 Å². The summed E-state index contributed by atoms with van der Waals surface area (Å²) in [7, 11) is 0. The van der Waals surface area contributed by atoms with Crippen molar-refractivity contribution in [1.29, 1.82) is 0 Å². The molecule has 0 bridgehead atoms. The normalized spacial score (nSPS) is 11.0. The van der Waals surface area contributed by atoms with Gasteiger partial charge in [0.25, 0.3) is 0 Å². The number of fused-ring (bicyclic) bond motifs is 1. The maximum atomic E-state index is 4.52. The minimum atomic E-state index is 0.948. The molecule has 27 heavy (non-hydrogen) atoms. The van der Waals surface area contributed by atoms with E-state index in [9.17, 15) is 0 Å². The zero-order valence-electron chi connectivity index (χ0n) is 14.4. The molecular weight excluding hydrogens is 334 g/mol. The van der Waals surface area contributed by atoms with Crippen molar-refractivity contribution in [3.05, 3.63) is 85.7 Å². The summed E-state index contributed by atoms with van der Waals surface area (Å²) in [6.07, 6.45) is 10.9. The maximum absolute atomic E-state index is 4.52. The summed E-state index contributed by atoms with van der Waals surface area (Å²) in [6.45, 7) is 0. The molecule has 0 saturated carbocycles. The van der Waals surface area contributed by atoms with Crippen molar-refractivity contribution in [3.8, 4) is 33.5 Å². The standard InChI is InChI=1S/C22H15N5/c1-2-22-20(19(5-9-25-22)15-3-7-23-8-4-15)12-16(1)17-11-18(14-24-13-17)21-6-10-26-27-21/h1-14H,(H,26,27). The van der Waals surface area contributed by atoms with Gasteiger partial charge in [-0.05, 0) is 59.2 Å². The van der Waals surface area contributed by atoms with Gasteiger partial charge >= 0.3 is 0 Å². The van der Waals surface area contributed by atoms with Crippen molar-refractivity contribution >= 4 is 10.9 Å². The number of H-pyrrole nitrogens is 1. The van der Waals surface area contributed by atoms with E-state index < -0.39 is 0 Å². The van der Waals surface area contributed by atoms with Crippen molar-refractivity contribution in [3.63, 3.8) is 0 Å². The third kappa shape index (κ3) is 2.85. The molecule has 0 aliphatic carbocycles. The van der Waals surface area contributed by atoms with E-state index in [0.29, 0.717) is 0 Å². The maximum Gasteiger partial charge on any atom is 0.0708 e. The van der Waals surface area contributed by atoms with Crippen molar-refractivity contribution in [2.45, 2.75) is 0 Å². The number of pyridine rings is 3. The van der Waals surface area contributed by atoms with Gasteiger partial charge in [0.05, 0.1) is 11.2 Å². The van der Waals surface area contributed by atoms with Crippen LogP contribution in [0.25, 0.3) is 44.4 Å². The molecule has 5 rings (SSSR count). The molecule has 0 unspecified atom stereocenters. The Bertz CT molecular complexity index is 1210. The van der Waals surface area contributed by atoms with Gasteiger partial charge in [-0.3, -0.25) is 20.1 Å². The van der Waals surface area contributed by atoms with E-state index in [2.05, 4.69) is 49.4 Å². The van der Waals surface area contributed by atoms with Gasteiger partial charge in [-0.15, -0.1) is 0 Å². The molecule has 0 fully saturated rings. The highest BCUT2D eigenvalue weighted by Crippen LogP contribution is 2.31. The summed E-state index contributed by atoms with van der Waals surface area (Å²) in [6, 6.07) is 16.4. The van der Waals surface area contributed by atoms with E-state index in [0.717, 1.165) is 44.4 Å². The van der Waals surface area contributed by atoms with E-state index in [4.69, 9.17) is 0 Å². The van der Waals surface area contributed by atoms with Gasteiger partial charge in [-0.1, -0.05) is 6.07 Å². The van der Waals surface area contributed by atoms with Gasteiger partial charge in [0.1, 0.15) is 0 Å². The zero-order valence-corrected chi connectivity index (χ0v) is 14.4. The predicted molar refractivity (Wildman–Crippen MR) is 106 cm³/mol. The van der Waals surface area contributed by atoms with Crippen molar-refractivity contribution < 1.29 is 0 Å². The summed E-state index contributed by atoms with van der Waals surface area (Å²) in [5, 5.41) is 8.11. The van der Waals surface area contributed by atoms with Gasteiger partial charge in [0, 0.05) is 53.7 Å². The minimum Gasteiger partial charge on any atom is -0.278 e. The Labute approximate surface area is 155 Å². The van der Waals surface area contributed by atoms with Crippen LogP contribution >= 0.6 is 0 Å². The summed E-state index contributed by atoms with van der Waals surface area (Å²) >= 11 is 0. The lowest BCUT2D eigenvalue weighted by atomic mass is 9.98. The van der Waals surface area contributed by atoms with E-state index in [1.165, 1.54) is 0 Å². The highest BCUT2D eigenvalue weighted by molar-refractivity contribution is 5.96. The summed E-state index contributed by atoms with van der Waals surface area (Å²) in [5.41, 5.74) is 7.33. The molecule has 128 valence electrons. The fourth-order valence-corrected chi connectivity index (χ4v) is 3.27. The van der Waals surface area contributed by atoms with Crippen LogP contribution in [0.3, 0.4) is 0 Å². The molecule has 5 nitrogen and oxygen atoms in total. The Morgan fingerprint density at radius 2 is 1.52 bits per heavy atom. The van der Waals surface area contributed by atoms with Crippen LogP contribution in [0.4, 0.5) is 0 Å². The molecule has 4 aromatic heterocycles. The predicted octanol–water partition coefficient (Wildman–Crippen LogP) is 4.75. The molecule has 1 aromatic carbocycles. The highest BCUT2D eigenvalue weighted by atomic mass is 15.1. The van der Waals surface area contributed by atoms with Gasteiger partial charge in [-0.2, -0.15) is 5.10 Å². The van der Waals surface area contributed by atoms with Gasteiger partial charge in [-0.25, -0.2) is 0 Å². The van der Waals surface area contributed by atoms with E-state index in [1.807, 2.05) is 55.2 Å². The van der Waals surface area contributed by atoms with Crippen LogP contribution in [0.2, 0.25) is 0 Å². The van der Waals surface area contributed by atoms with Gasteiger partial charge in [0.15, 0.2) is 0 Å². The second kappa shape index (κ2) is 6.46. The third-order valence-electron chi connectivity index (χ3n) is 4.62. The lowest BCUT2D eigenvalue weighted by Crippen LogP contribution is -1.88. The molecule has 0 aliphatic heterocycles. The second-order valence-corrected chi connectivity index (χ2v) is 6.26. The Hall–Kier alpha value is -3.86. The van der Waals surface area contributed by atoms with Crippen LogP contribution in [0.15, 0.2) is 85.7 Å². The van der Waals surface area contributed by atoms with Crippen molar-refractivity contribution in [2.24, 2.45) is 0 Å². The summed E-state index contributed by atoms with van der Waals surface area (Å²) in [5.74, 6) is 0. The Morgan fingerprint density at radius 3 is 2.37 bits per heavy atom. The topological polar surface area (TPSA) is 67.3 Å². The largest absolute Gasteiger partial charge is 0.278 e. The first-order chi connectivity index (χ1) is 13.4. The number of nitrogens with one attached hydrogen (secondary N) is 1. The van der Waals surface area contributed by atoms with Crippen LogP contribution in [0.1, 0.15) is 0 Å². The number of nitrogens with zero attached hydrogens (tertiary/aromatic N) is 4. The number of rotatable bonds is 3. The van der Waals surface area contributed by atoms with Crippen LogP contribution in [-0.4, -0.2) is 25.1 Å². The SMILES string of the molecule is c1cc(-c2ccnc3ccc(-c4cncc(-c5ccn[nH]5)c4)cc23)ccn1. The zero-order chi connectivity index (χ0) is 18.1. The molecule has 0 aliphatic rings. The number of hydrogen-bond donors (Lipinski definition) is 1. The Kier molecular flexibility index (Phi) is 3.68. The van der Waals surface area contributed by atoms with E-state index >= 15 is 0 Å². The fraction of sp³-hybridized carbons (Fsp3) is 0. The smallest absolute Gasteiger partial charge is 0.0708 e. The molecule has 0 spiro atoms. The first-order valence-electron chi connectivity index (χ1n) is 8.63. The van der Waals surface area contributed by atoms with E-state index in [1.54, 1.807) is 6.20 Å². The number of aromatic amines is 1. The molecule has 1 N–H and O–H groups in total. The quantitative estimate of drug-likeness (QED) is 0.510. The van der Waals surface area contributed by atoms with Crippen molar-refractivity contribution in [2.75, 3.05) is 0 Å². The first-order valence-corrected chi connectivity index (χ1v) is 8.63. The molecule has 0 radical (unpaired) electrons. The Morgan fingerprint density at radius 1 is 0.630 bits per heavy atom. The third-order valence-corrected chi connectivity index (χ3v) is 4.62. The molecule has 5 aromatic rings. The molecule has 5 heteroatoms. The van der Waals surface area contributed by atoms with Crippen LogP contribution < -0.4 is 0 Å². The number of benzene rings is 1. The molecular formula is C22H15N5. The van der Waals surface area contributed by atoms with E-state index in [-0.39, 0.29) is 0 Å². The minimum absolute atomic E-state index is 0.948. The lowest BCUT2D eigenvalue weighted by Gasteiger charge is -2.09. The molecule has 0 atom stereocenters. The average molecular weight is 349 g/mol. The molecule has 0 saturated heterocycles. The first kappa shape index (κ1) is 15.4. The molecule has 4 heterocycles. The fourth-order valence-electron chi connectivity index (χ4n) is 3.27. The lowest BCUT2D eigenvalue weighted by molar-refractivity contribution is 1.09. The van der Waals surface area contributed by atoms with Crippen molar-refractivity contribution in [1.82, 2.24) is 25.1 Å². The van der Waals surface area contributed by atoms with Crippen LogP contribution in [0.5, 0.6) is 0 Å². The van der Waals surface area contributed by atoms with Crippen LogP contribution in [-0.2, 0) is 0 Å². The highest BCUT2D eigenvalue weighted by Gasteiger charge is 2.08. The van der Waals surface area contributed by atoms with Gasteiger partial charge in [0.2, 0.25) is 0 Å². The second-order valence-electron chi connectivity index (χ2n) is 6.26. The molecule has 0 amide bonds. The monoisotopic (exact) mass is 349 g/mol. The average Bonchev–Trinajstić information content (AvgIpc) is 3.29. The van der Waals surface area contributed by atoms with Gasteiger partial charge < -0.3 is 0 Å². The number of hydrogen-bond acceptors (Lipinski definition) is 4.